The van der Waals surface area contributed by atoms with Gasteiger partial charge in [0.15, 0.2) is 0 Å². The van der Waals surface area contributed by atoms with E-state index in [9.17, 15) is 0 Å². The summed E-state index contributed by atoms with van der Waals surface area (Å²) in [5.74, 6) is 0.813. The van der Waals surface area contributed by atoms with Crippen LogP contribution in [-0.2, 0) is 4.74 Å². The molecule has 5 heteroatoms. The standard InChI is InChI=1S/C15H23N3O2/c1-19-10-9-18(8-4-7-16)15(12-17)13-5-3-6-14(11-13)20-2/h3,5-6,11,15H,4,8-10,12,17H2,1-2H3. The normalized spacial score (nSPS) is 12.2. The molecule has 0 saturated heterocycles. The maximum atomic E-state index is 8.79. The van der Waals surface area contributed by atoms with E-state index in [2.05, 4.69) is 11.0 Å². The maximum absolute atomic E-state index is 8.79. The van der Waals surface area contributed by atoms with E-state index in [0.29, 0.717) is 26.1 Å². The van der Waals surface area contributed by atoms with E-state index in [0.717, 1.165) is 17.9 Å². The van der Waals surface area contributed by atoms with Crippen LogP contribution in [0.1, 0.15) is 18.0 Å². The summed E-state index contributed by atoms with van der Waals surface area (Å²) < 4.78 is 10.4. The van der Waals surface area contributed by atoms with Gasteiger partial charge in [-0.25, -0.2) is 0 Å². The minimum absolute atomic E-state index is 0.0635. The molecule has 0 aromatic heterocycles. The molecule has 0 fully saturated rings. The van der Waals surface area contributed by atoms with Crippen molar-refractivity contribution in [3.05, 3.63) is 29.8 Å². The maximum Gasteiger partial charge on any atom is 0.119 e. The van der Waals surface area contributed by atoms with Gasteiger partial charge in [-0.1, -0.05) is 12.1 Å². The van der Waals surface area contributed by atoms with Gasteiger partial charge >= 0.3 is 0 Å². The zero-order valence-electron chi connectivity index (χ0n) is 12.2. The van der Waals surface area contributed by atoms with Crippen molar-refractivity contribution in [1.82, 2.24) is 4.90 Å². The Morgan fingerprint density at radius 1 is 1.35 bits per heavy atom. The third-order valence-corrected chi connectivity index (χ3v) is 3.24. The predicted molar refractivity (Wildman–Crippen MR) is 78.5 cm³/mol. The number of hydrogen-bond acceptors (Lipinski definition) is 5. The second-order valence-electron chi connectivity index (χ2n) is 4.46. The van der Waals surface area contributed by atoms with Crippen molar-refractivity contribution >= 4 is 0 Å². The summed E-state index contributed by atoms with van der Waals surface area (Å²) in [4.78, 5) is 2.18. The highest BCUT2D eigenvalue weighted by Crippen LogP contribution is 2.23. The topological polar surface area (TPSA) is 71.5 Å². The summed E-state index contributed by atoms with van der Waals surface area (Å²) in [6.07, 6.45) is 0.476. The molecule has 20 heavy (non-hydrogen) atoms. The summed E-state index contributed by atoms with van der Waals surface area (Å²) >= 11 is 0. The molecular weight excluding hydrogens is 254 g/mol. The Morgan fingerprint density at radius 2 is 2.15 bits per heavy atom. The van der Waals surface area contributed by atoms with E-state index in [4.69, 9.17) is 20.5 Å². The highest BCUT2D eigenvalue weighted by atomic mass is 16.5. The van der Waals surface area contributed by atoms with Gasteiger partial charge in [0.25, 0.3) is 0 Å². The van der Waals surface area contributed by atoms with Gasteiger partial charge in [0, 0.05) is 39.2 Å². The first kappa shape index (κ1) is 16.4. The number of methoxy groups -OCH3 is 2. The molecular formula is C15H23N3O2. The number of rotatable bonds is 9. The highest BCUT2D eigenvalue weighted by Gasteiger charge is 2.19. The van der Waals surface area contributed by atoms with Crippen LogP contribution in [0.3, 0.4) is 0 Å². The summed E-state index contributed by atoms with van der Waals surface area (Å²) in [6.45, 7) is 2.53. The van der Waals surface area contributed by atoms with Crippen LogP contribution in [0.25, 0.3) is 0 Å². The van der Waals surface area contributed by atoms with Crippen LogP contribution in [0.2, 0.25) is 0 Å². The molecule has 0 aliphatic rings. The van der Waals surface area contributed by atoms with Gasteiger partial charge in [0.1, 0.15) is 5.75 Å². The van der Waals surface area contributed by atoms with E-state index in [1.54, 1.807) is 14.2 Å². The van der Waals surface area contributed by atoms with Crippen LogP contribution >= 0.6 is 0 Å². The molecule has 0 aliphatic heterocycles. The van der Waals surface area contributed by atoms with Crippen LogP contribution in [-0.4, -0.2) is 45.4 Å². The quantitative estimate of drug-likeness (QED) is 0.741. The molecule has 1 aromatic carbocycles. The Balaban J connectivity index is 2.89. The average Bonchev–Trinajstić information content (AvgIpc) is 2.50. The molecule has 2 N–H and O–H groups in total. The molecule has 0 saturated carbocycles. The lowest BCUT2D eigenvalue weighted by atomic mass is 10.0. The van der Waals surface area contributed by atoms with Crippen molar-refractivity contribution in [3.63, 3.8) is 0 Å². The fourth-order valence-corrected chi connectivity index (χ4v) is 2.17. The number of nitrogens with zero attached hydrogens (tertiary/aromatic N) is 2. The molecule has 5 nitrogen and oxygen atoms in total. The van der Waals surface area contributed by atoms with E-state index >= 15 is 0 Å². The largest absolute Gasteiger partial charge is 0.497 e. The Kier molecular flexibility index (Phi) is 7.66. The van der Waals surface area contributed by atoms with Gasteiger partial charge < -0.3 is 15.2 Å². The lowest BCUT2D eigenvalue weighted by molar-refractivity contribution is 0.123. The first-order valence-electron chi connectivity index (χ1n) is 6.70. The first-order valence-corrected chi connectivity index (χ1v) is 6.70. The molecule has 1 aromatic rings. The van der Waals surface area contributed by atoms with Crippen LogP contribution in [0.4, 0.5) is 0 Å². The van der Waals surface area contributed by atoms with E-state index in [-0.39, 0.29) is 6.04 Å². The zero-order chi connectivity index (χ0) is 14.8. The molecule has 0 amide bonds. The first-order chi connectivity index (χ1) is 9.76. The Hall–Kier alpha value is -1.61. The SMILES string of the molecule is COCCN(CCC#N)C(CN)c1cccc(OC)c1. The summed E-state index contributed by atoms with van der Waals surface area (Å²) in [5.41, 5.74) is 7.03. The molecule has 0 radical (unpaired) electrons. The lowest BCUT2D eigenvalue weighted by Gasteiger charge is -2.30. The Labute approximate surface area is 120 Å². The zero-order valence-corrected chi connectivity index (χ0v) is 12.2. The van der Waals surface area contributed by atoms with E-state index in [1.807, 2.05) is 24.3 Å². The molecule has 1 rings (SSSR count). The van der Waals surface area contributed by atoms with Crippen molar-refractivity contribution in [2.75, 3.05) is 40.5 Å². The molecule has 0 spiro atoms. The van der Waals surface area contributed by atoms with Gasteiger partial charge in [0.2, 0.25) is 0 Å². The van der Waals surface area contributed by atoms with Crippen molar-refractivity contribution in [2.45, 2.75) is 12.5 Å². The van der Waals surface area contributed by atoms with Gasteiger partial charge in [0.05, 0.1) is 19.8 Å². The molecule has 110 valence electrons. The van der Waals surface area contributed by atoms with E-state index < -0.39 is 0 Å². The minimum Gasteiger partial charge on any atom is -0.497 e. The second-order valence-corrected chi connectivity index (χ2v) is 4.46. The van der Waals surface area contributed by atoms with Crippen molar-refractivity contribution < 1.29 is 9.47 Å². The van der Waals surface area contributed by atoms with Gasteiger partial charge in [-0.2, -0.15) is 5.26 Å². The summed E-state index contributed by atoms with van der Waals surface area (Å²) in [5, 5.41) is 8.79. The third kappa shape index (κ3) is 4.82. The fourth-order valence-electron chi connectivity index (χ4n) is 2.17. The fraction of sp³-hybridized carbons (Fsp3) is 0.533. The number of nitrogens with two attached hydrogens (primary N) is 1. The predicted octanol–water partition coefficient (Wildman–Crippen LogP) is 1.56. The van der Waals surface area contributed by atoms with Crippen LogP contribution in [0.15, 0.2) is 24.3 Å². The average molecular weight is 277 g/mol. The van der Waals surface area contributed by atoms with Crippen molar-refractivity contribution in [1.29, 1.82) is 5.26 Å². The Morgan fingerprint density at radius 3 is 2.75 bits per heavy atom. The monoisotopic (exact) mass is 277 g/mol. The van der Waals surface area contributed by atoms with E-state index in [1.165, 1.54) is 0 Å². The van der Waals surface area contributed by atoms with Crippen LogP contribution in [0.5, 0.6) is 5.75 Å². The highest BCUT2D eigenvalue weighted by molar-refractivity contribution is 5.30. The van der Waals surface area contributed by atoms with Crippen LogP contribution in [0, 0.1) is 11.3 Å². The van der Waals surface area contributed by atoms with Crippen molar-refractivity contribution in [3.8, 4) is 11.8 Å². The summed E-state index contributed by atoms with van der Waals surface area (Å²) in [7, 11) is 3.32. The number of ether oxygens (including phenoxy) is 2. The molecule has 1 unspecified atom stereocenters. The molecule has 1 atom stereocenters. The lowest BCUT2D eigenvalue weighted by Crippen LogP contribution is -2.36. The molecule has 0 heterocycles. The summed E-state index contributed by atoms with van der Waals surface area (Å²) in [6, 6.07) is 10.1. The van der Waals surface area contributed by atoms with Gasteiger partial charge in [-0.05, 0) is 17.7 Å². The Bertz CT molecular complexity index is 431. The smallest absolute Gasteiger partial charge is 0.119 e. The van der Waals surface area contributed by atoms with Crippen LogP contribution < -0.4 is 10.5 Å². The molecule has 0 bridgehead atoms. The second kappa shape index (κ2) is 9.32. The van der Waals surface area contributed by atoms with Gasteiger partial charge in [-0.15, -0.1) is 0 Å². The van der Waals surface area contributed by atoms with Crippen molar-refractivity contribution in [2.24, 2.45) is 5.73 Å². The minimum atomic E-state index is 0.0635. The van der Waals surface area contributed by atoms with Gasteiger partial charge in [-0.3, -0.25) is 4.90 Å². The number of nitriles is 1. The third-order valence-electron chi connectivity index (χ3n) is 3.24. The molecule has 0 aliphatic carbocycles. The number of hydrogen-bond donors (Lipinski definition) is 1. The number of benzene rings is 1.